The Balaban J connectivity index is 1.46. The maximum Gasteiger partial charge on any atom is 0.115 e. The van der Waals surface area contributed by atoms with Gasteiger partial charge in [-0.05, 0) is 23.6 Å². The molecular weight excluding hydrogens is 388 g/mol. The molecule has 4 nitrogen and oxygen atoms in total. The molecule has 0 saturated carbocycles. The Hall–Kier alpha value is -2.50. The lowest BCUT2D eigenvalue weighted by Gasteiger charge is -2.41. The molecule has 0 bridgehead atoms. The van der Waals surface area contributed by atoms with E-state index < -0.39 is 0 Å². The van der Waals surface area contributed by atoms with E-state index in [4.69, 9.17) is 18.9 Å². The fourth-order valence-corrected chi connectivity index (χ4v) is 3.80. The second kappa shape index (κ2) is 11.2. The topological polar surface area (TPSA) is 36.9 Å². The SMILES string of the molecule is C[C@H]1OC[C@@H](OCc2ccccc2)[C@@H](OCc2ccccc2)[C@@H]1OCc1ccccc1. The normalized spacial score (nSPS) is 23.5. The van der Waals surface area contributed by atoms with Crippen LogP contribution < -0.4 is 0 Å². The molecule has 31 heavy (non-hydrogen) atoms. The van der Waals surface area contributed by atoms with Gasteiger partial charge in [0.25, 0.3) is 0 Å². The van der Waals surface area contributed by atoms with Crippen LogP contribution in [-0.2, 0) is 38.8 Å². The molecule has 1 aliphatic heterocycles. The zero-order valence-electron chi connectivity index (χ0n) is 17.9. The van der Waals surface area contributed by atoms with Crippen molar-refractivity contribution in [2.75, 3.05) is 6.61 Å². The van der Waals surface area contributed by atoms with Gasteiger partial charge >= 0.3 is 0 Å². The first-order chi connectivity index (χ1) is 15.3. The molecular formula is C27H30O4. The van der Waals surface area contributed by atoms with Crippen molar-refractivity contribution in [2.24, 2.45) is 0 Å². The third-order valence-electron chi connectivity index (χ3n) is 5.55. The molecule has 0 radical (unpaired) electrons. The molecule has 1 saturated heterocycles. The molecule has 4 heteroatoms. The Morgan fingerprint density at radius 3 is 1.52 bits per heavy atom. The Morgan fingerprint density at radius 1 is 0.613 bits per heavy atom. The molecule has 0 aromatic heterocycles. The lowest BCUT2D eigenvalue weighted by atomic mass is 10.00. The van der Waals surface area contributed by atoms with Gasteiger partial charge in [0.1, 0.15) is 18.3 Å². The van der Waals surface area contributed by atoms with Crippen LogP contribution in [0, 0.1) is 0 Å². The summed E-state index contributed by atoms with van der Waals surface area (Å²) in [5.74, 6) is 0. The predicted octanol–water partition coefficient (Wildman–Crippen LogP) is 5.16. The van der Waals surface area contributed by atoms with Crippen molar-refractivity contribution in [3.05, 3.63) is 108 Å². The number of ether oxygens (including phenoxy) is 4. The van der Waals surface area contributed by atoms with Crippen molar-refractivity contribution in [3.8, 4) is 0 Å². The molecule has 0 unspecified atom stereocenters. The van der Waals surface area contributed by atoms with E-state index in [0.717, 1.165) is 16.7 Å². The zero-order valence-corrected chi connectivity index (χ0v) is 17.9. The van der Waals surface area contributed by atoms with Gasteiger partial charge in [-0.1, -0.05) is 91.0 Å². The van der Waals surface area contributed by atoms with E-state index in [1.54, 1.807) is 0 Å². The van der Waals surface area contributed by atoms with Crippen LogP contribution in [0.4, 0.5) is 0 Å². The molecule has 3 aromatic rings. The molecule has 162 valence electrons. The summed E-state index contributed by atoms with van der Waals surface area (Å²) in [4.78, 5) is 0. The monoisotopic (exact) mass is 418 g/mol. The summed E-state index contributed by atoms with van der Waals surface area (Å²) in [6.45, 7) is 4.06. The molecule has 0 N–H and O–H groups in total. The van der Waals surface area contributed by atoms with Gasteiger partial charge in [0.15, 0.2) is 0 Å². The quantitative estimate of drug-likeness (QED) is 0.481. The molecule has 3 aromatic carbocycles. The summed E-state index contributed by atoms with van der Waals surface area (Å²) in [6, 6.07) is 30.6. The van der Waals surface area contributed by atoms with Crippen LogP contribution in [0.25, 0.3) is 0 Å². The minimum absolute atomic E-state index is 0.0824. The molecule has 1 heterocycles. The molecule has 0 amide bonds. The molecule has 1 aliphatic rings. The summed E-state index contributed by atoms with van der Waals surface area (Å²) >= 11 is 0. The van der Waals surface area contributed by atoms with Gasteiger partial charge < -0.3 is 18.9 Å². The van der Waals surface area contributed by atoms with E-state index in [0.29, 0.717) is 26.4 Å². The molecule has 0 spiro atoms. The standard InChI is InChI=1S/C27H30O4/c1-21-26(30-18-23-13-7-3-8-14-23)27(31-19-24-15-9-4-10-16-24)25(20-28-21)29-17-22-11-5-2-6-12-22/h2-16,21,25-27H,17-20H2,1H3/t21-,25-,26-,27-/m1/s1. The molecule has 4 atom stereocenters. The smallest absolute Gasteiger partial charge is 0.115 e. The first kappa shape index (κ1) is 21.7. The van der Waals surface area contributed by atoms with Gasteiger partial charge in [-0.15, -0.1) is 0 Å². The summed E-state index contributed by atoms with van der Waals surface area (Å²) in [5.41, 5.74) is 3.39. The summed E-state index contributed by atoms with van der Waals surface area (Å²) in [7, 11) is 0. The maximum atomic E-state index is 6.41. The molecule has 4 rings (SSSR count). The van der Waals surface area contributed by atoms with Crippen molar-refractivity contribution in [1.82, 2.24) is 0 Å². The fourth-order valence-electron chi connectivity index (χ4n) is 3.80. The average Bonchev–Trinajstić information content (AvgIpc) is 2.83. The van der Waals surface area contributed by atoms with Crippen LogP contribution in [0.1, 0.15) is 23.6 Å². The van der Waals surface area contributed by atoms with Crippen molar-refractivity contribution in [1.29, 1.82) is 0 Å². The first-order valence-electron chi connectivity index (χ1n) is 10.9. The van der Waals surface area contributed by atoms with Crippen LogP contribution in [0.2, 0.25) is 0 Å². The Morgan fingerprint density at radius 2 is 1.03 bits per heavy atom. The Kier molecular flexibility index (Phi) is 7.86. The van der Waals surface area contributed by atoms with E-state index >= 15 is 0 Å². The lowest BCUT2D eigenvalue weighted by Crippen LogP contribution is -2.55. The van der Waals surface area contributed by atoms with Gasteiger partial charge in [0.05, 0.1) is 32.5 Å². The minimum Gasteiger partial charge on any atom is -0.373 e. The maximum absolute atomic E-state index is 6.41. The lowest BCUT2D eigenvalue weighted by molar-refractivity contribution is -0.234. The first-order valence-corrected chi connectivity index (χ1v) is 10.9. The third-order valence-corrected chi connectivity index (χ3v) is 5.55. The van der Waals surface area contributed by atoms with Crippen LogP contribution in [-0.4, -0.2) is 31.0 Å². The van der Waals surface area contributed by atoms with Gasteiger partial charge in [0.2, 0.25) is 0 Å². The number of rotatable bonds is 9. The van der Waals surface area contributed by atoms with Gasteiger partial charge in [0, 0.05) is 0 Å². The number of benzene rings is 3. The van der Waals surface area contributed by atoms with Gasteiger partial charge in [-0.2, -0.15) is 0 Å². The van der Waals surface area contributed by atoms with E-state index in [2.05, 4.69) is 36.4 Å². The van der Waals surface area contributed by atoms with E-state index in [1.165, 1.54) is 0 Å². The van der Waals surface area contributed by atoms with E-state index in [-0.39, 0.29) is 24.4 Å². The highest BCUT2D eigenvalue weighted by Crippen LogP contribution is 2.26. The van der Waals surface area contributed by atoms with E-state index in [9.17, 15) is 0 Å². The van der Waals surface area contributed by atoms with Crippen LogP contribution in [0.3, 0.4) is 0 Å². The summed E-state index contributed by atoms with van der Waals surface area (Å²) < 4.78 is 25.0. The third kappa shape index (κ3) is 6.25. The Bertz CT molecular complexity index is 885. The summed E-state index contributed by atoms with van der Waals surface area (Å²) in [6.07, 6.45) is -0.739. The minimum atomic E-state index is -0.226. The largest absolute Gasteiger partial charge is 0.373 e. The van der Waals surface area contributed by atoms with Crippen molar-refractivity contribution in [2.45, 2.75) is 51.2 Å². The van der Waals surface area contributed by atoms with Crippen molar-refractivity contribution >= 4 is 0 Å². The Labute approximate surface area is 184 Å². The highest BCUT2D eigenvalue weighted by molar-refractivity contribution is 5.15. The van der Waals surface area contributed by atoms with Crippen LogP contribution >= 0.6 is 0 Å². The van der Waals surface area contributed by atoms with Crippen molar-refractivity contribution < 1.29 is 18.9 Å². The average molecular weight is 419 g/mol. The zero-order chi connectivity index (χ0) is 21.3. The second-order valence-corrected chi connectivity index (χ2v) is 7.90. The second-order valence-electron chi connectivity index (χ2n) is 7.90. The van der Waals surface area contributed by atoms with Gasteiger partial charge in [-0.25, -0.2) is 0 Å². The number of hydrogen-bond donors (Lipinski definition) is 0. The van der Waals surface area contributed by atoms with Crippen LogP contribution in [0.15, 0.2) is 91.0 Å². The molecule has 0 aliphatic carbocycles. The number of hydrogen-bond acceptors (Lipinski definition) is 4. The highest BCUT2D eigenvalue weighted by Gasteiger charge is 2.41. The van der Waals surface area contributed by atoms with Crippen molar-refractivity contribution in [3.63, 3.8) is 0 Å². The van der Waals surface area contributed by atoms with Gasteiger partial charge in [-0.3, -0.25) is 0 Å². The summed E-state index contributed by atoms with van der Waals surface area (Å²) in [5, 5.41) is 0. The van der Waals surface area contributed by atoms with Crippen LogP contribution in [0.5, 0.6) is 0 Å². The predicted molar refractivity (Wildman–Crippen MR) is 120 cm³/mol. The van der Waals surface area contributed by atoms with E-state index in [1.807, 2.05) is 61.5 Å². The molecule has 1 fully saturated rings. The fraction of sp³-hybridized carbons (Fsp3) is 0.333. The highest BCUT2D eigenvalue weighted by atomic mass is 16.6.